The second-order valence-electron chi connectivity index (χ2n) is 6.42. The predicted octanol–water partition coefficient (Wildman–Crippen LogP) is 2.86. The molecule has 25 heavy (non-hydrogen) atoms. The summed E-state index contributed by atoms with van der Waals surface area (Å²) in [6.07, 6.45) is 6.46. The van der Waals surface area contributed by atoms with Crippen LogP contribution in [0.25, 0.3) is 33.4 Å². The number of imidazole rings is 1. The van der Waals surface area contributed by atoms with Crippen LogP contribution in [0.15, 0.2) is 48.8 Å². The molecular formula is C19H17N5O. The molecule has 124 valence electrons. The van der Waals surface area contributed by atoms with E-state index in [2.05, 4.69) is 28.2 Å². The molecule has 6 nitrogen and oxygen atoms in total. The number of nitrogen functional groups attached to an aromatic ring is 1. The number of H-pyrrole nitrogens is 1. The number of aliphatic hydroxyl groups excluding tert-OH is 1. The third-order valence-corrected chi connectivity index (χ3v) is 4.81. The van der Waals surface area contributed by atoms with Crippen LogP contribution in [-0.4, -0.2) is 31.1 Å². The summed E-state index contributed by atoms with van der Waals surface area (Å²) < 4.78 is 1.99. The average molecular weight is 331 g/mol. The average Bonchev–Trinajstić information content (AvgIpc) is 3.16. The molecule has 5 rings (SSSR count). The van der Waals surface area contributed by atoms with Crippen LogP contribution in [0.3, 0.4) is 0 Å². The lowest BCUT2D eigenvalue weighted by atomic mass is 9.87. The molecule has 4 N–H and O–H groups in total. The Kier molecular flexibility index (Phi) is 2.96. The minimum Gasteiger partial charge on any atom is -0.396 e. The van der Waals surface area contributed by atoms with E-state index >= 15 is 0 Å². The van der Waals surface area contributed by atoms with E-state index in [-0.39, 0.29) is 12.5 Å². The zero-order chi connectivity index (χ0) is 17.0. The van der Waals surface area contributed by atoms with E-state index in [9.17, 15) is 5.11 Å². The number of aromatic amines is 1. The van der Waals surface area contributed by atoms with Crippen LogP contribution in [0.2, 0.25) is 0 Å². The molecule has 0 saturated heterocycles. The Balaban J connectivity index is 1.75. The highest BCUT2D eigenvalue weighted by atomic mass is 16.3. The largest absolute Gasteiger partial charge is 0.396 e. The maximum atomic E-state index is 9.27. The Bertz CT molecular complexity index is 1100. The fraction of sp³-hybridized carbons (Fsp3) is 0.158. The number of hydrogen-bond acceptors (Lipinski definition) is 4. The Morgan fingerprint density at radius 1 is 1.32 bits per heavy atom. The van der Waals surface area contributed by atoms with E-state index < -0.39 is 0 Å². The summed E-state index contributed by atoms with van der Waals surface area (Å²) in [5.41, 5.74) is 10.9. The van der Waals surface area contributed by atoms with Gasteiger partial charge in [-0.1, -0.05) is 24.3 Å². The Morgan fingerprint density at radius 3 is 2.96 bits per heavy atom. The highest BCUT2D eigenvalue weighted by Gasteiger charge is 2.25. The third-order valence-electron chi connectivity index (χ3n) is 4.81. The lowest BCUT2D eigenvalue weighted by Gasteiger charge is -2.22. The first-order chi connectivity index (χ1) is 12.2. The molecule has 0 radical (unpaired) electrons. The number of hydrogen-bond donors (Lipinski definition) is 3. The Morgan fingerprint density at radius 2 is 2.16 bits per heavy atom. The molecule has 1 atom stereocenters. The molecule has 1 aromatic carbocycles. The molecule has 0 bridgehead atoms. The van der Waals surface area contributed by atoms with Crippen molar-refractivity contribution in [1.82, 2.24) is 19.4 Å². The van der Waals surface area contributed by atoms with Crippen molar-refractivity contribution in [3.63, 3.8) is 0 Å². The van der Waals surface area contributed by atoms with Crippen molar-refractivity contribution in [3.8, 4) is 11.4 Å². The van der Waals surface area contributed by atoms with Crippen molar-refractivity contribution >= 4 is 27.8 Å². The fourth-order valence-electron chi connectivity index (χ4n) is 3.50. The minimum absolute atomic E-state index is 0.172. The van der Waals surface area contributed by atoms with Crippen LogP contribution < -0.4 is 5.73 Å². The van der Waals surface area contributed by atoms with Crippen LogP contribution >= 0.6 is 0 Å². The van der Waals surface area contributed by atoms with Gasteiger partial charge in [0.25, 0.3) is 0 Å². The van der Waals surface area contributed by atoms with E-state index in [1.807, 2.05) is 28.8 Å². The summed E-state index contributed by atoms with van der Waals surface area (Å²) in [5, 5.41) is 10.4. The maximum absolute atomic E-state index is 9.27. The molecular weight excluding hydrogens is 314 g/mol. The number of anilines is 1. The monoisotopic (exact) mass is 331 g/mol. The number of nitrogens with two attached hydrogens (primary N) is 1. The summed E-state index contributed by atoms with van der Waals surface area (Å²) in [7, 11) is 0. The molecule has 1 aliphatic carbocycles. The van der Waals surface area contributed by atoms with Crippen LogP contribution in [-0.2, 0) is 0 Å². The first-order valence-corrected chi connectivity index (χ1v) is 8.27. The van der Waals surface area contributed by atoms with Gasteiger partial charge in [-0.2, -0.15) is 0 Å². The maximum Gasteiger partial charge on any atom is 0.150 e. The SMILES string of the molecule is Nc1nccn2c(C3=CC(CO)C3)nc(-c3cc4ccccc4[nH]3)c12. The highest BCUT2D eigenvalue weighted by molar-refractivity contribution is 5.92. The number of fused-ring (bicyclic) bond motifs is 2. The van der Waals surface area contributed by atoms with Crippen LogP contribution in [0, 0.1) is 5.92 Å². The number of rotatable bonds is 3. The van der Waals surface area contributed by atoms with Gasteiger partial charge in [-0.25, -0.2) is 9.97 Å². The summed E-state index contributed by atoms with van der Waals surface area (Å²) in [4.78, 5) is 12.5. The molecule has 3 heterocycles. The van der Waals surface area contributed by atoms with Crippen molar-refractivity contribution in [2.75, 3.05) is 12.3 Å². The molecule has 0 aliphatic heterocycles. The number of nitrogens with zero attached hydrogens (tertiary/aromatic N) is 3. The quantitative estimate of drug-likeness (QED) is 0.538. The van der Waals surface area contributed by atoms with Crippen LogP contribution in [0.1, 0.15) is 12.2 Å². The van der Waals surface area contributed by atoms with Gasteiger partial charge in [-0.3, -0.25) is 4.40 Å². The van der Waals surface area contributed by atoms with Crippen molar-refractivity contribution in [2.45, 2.75) is 6.42 Å². The summed E-state index contributed by atoms with van der Waals surface area (Å²) in [5.74, 6) is 1.54. The first kappa shape index (κ1) is 14.2. The number of aromatic nitrogens is 4. The van der Waals surface area contributed by atoms with Crippen LogP contribution in [0.4, 0.5) is 5.82 Å². The molecule has 0 spiro atoms. The number of aliphatic hydroxyl groups is 1. The molecule has 0 fully saturated rings. The van der Waals surface area contributed by atoms with Crippen LogP contribution in [0.5, 0.6) is 0 Å². The lowest BCUT2D eigenvalue weighted by Crippen LogP contribution is -2.14. The Labute approximate surface area is 143 Å². The molecule has 1 aliphatic rings. The molecule has 4 aromatic rings. The van der Waals surface area contributed by atoms with Crippen molar-refractivity contribution in [3.05, 3.63) is 54.6 Å². The van der Waals surface area contributed by atoms with E-state index in [1.165, 1.54) is 0 Å². The topological polar surface area (TPSA) is 92.2 Å². The van der Waals surface area contributed by atoms with Gasteiger partial charge in [0, 0.05) is 35.8 Å². The molecule has 0 saturated carbocycles. The second kappa shape index (κ2) is 5.19. The number of para-hydroxylation sites is 1. The van der Waals surface area contributed by atoms with E-state index in [0.29, 0.717) is 5.82 Å². The highest BCUT2D eigenvalue weighted by Crippen LogP contribution is 2.37. The third kappa shape index (κ3) is 2.08. The van der Waals surface area contributed by atoms with Gasteiger partial charge < -0.3 is 15.8 Å². The molecule has 0 amide bonds. The molecule has 1 unspecified atom stereocenters. The fourth-order valence-corrected chi connectivity index (χ4v) is 3.50. The smallest absolute Gasteiger partial charge is 0.150 e. The second-order valence-corrected chi connectivity index (χ2v) is 6.42. The zero-order valence-corrected chi connectivity index (χ0v) is 13.5. The summed E-state index contributed by atoms with van der Waals surface area (Å²) in [6, 6.07) is 10.2. The number of benzene rings is 1. The first-order valence-electron chi connectivity index (χ1n) is 8.27. The summed E-state index contributed by atoms with van der Waals surface area (Å²) >= 11 is 0. The van der Waals surface area contributed by atoms with Gasteiger partial charge in [0.2, 0.25) is 0 Å². The van der Waals surface area contributed by atoms with E-state index in [1.54, 1.807) is 6.20 Å². The Hall–Kier alpha value is -3.12. The number of allylic oxidation sites excluding steroid dienone is 1. The summed E-state index contributed by atoms with van der Waals surface area (Å²) in [6.45, 7) is 0.172. The van der Waals surface area contributed by atoms with Crippen molar-refractivity contribution < 1.29 is 5.11 Å². The van der Waals surface area contributed by atoms with Gasteiger partial charge in [-0.05, 0) is 24.1 Å². The number of nitrogens with one attached hydrogen (secondary N) is 1. The predicted molar refractivity (Wildman–Crippen MR) is 97.9 cm³/mol. The zero-order valence-electron chi connectivity index (χ0n) is 13.5. The lowest BCUT2D eigenvalue weighted by molar-refractivity contribution is 0.247. The van der Waals surface area contributed by atoms with E-state index in [4.69, 9.17) is 10.7 Å². The standard InChI is InChI=1S/C19H17N5O/c20-18-17-16(15-9-12-3-1-2-4-14(12)22-15)23-19(24(17)6-5-21-18)13-7-11(8-13)10-25/h1-7,9,11,22,25H,8,10H2,(H2,20,21). The van der Waals surface area contributed by atoms with Gasteiger partial charge in [-0.15, -0.1) is 0 Å². The van der Waals surface area contributed by atoms with E-state index in [0.717, 1.165) is 45.6 Å². The van der Waals surface area contributed by atoms with Gasteiger partial charge in [0.1, 0.15) is 22.9 Å². The normalized spacial score (nSPS) is 17.0. The minimum atomic E-state index is 0.172. The molecule has 6 heteroatoms. The van der Waals surface area contributed by atoms with Gasteiger partial charge in [0.05, 0.1) is 5.69 Å². The van der Waals surface area contributed by atoms with Crippen molar-refractivity contribution in [1.29, 1.82) is 0 Å². The van der Waals surface area contributed by atoms with Gasteiger partial charge in [0.15, 0.2) is 0 Å². The van der Waals surface area contributed by atoms with Gasteiger partial charge >= 0.3 is 0 Å². The van der Waals surface area contributed by atoms with Crippen molar-refractivity contribution in [2.24, 2.45) is 5.92 Å². The molecule has 3 aromatic heterocycles.